The predicted octanol–water partition coefficient (Wildman–Crippen LogP) is 1.39. The highest BCUT2D eigenvalue weighted by molar-refractivity contribution is 5.93. The van der Waals surface area contributed by atoms with E-state index in [1.54, 1.807) is 0 Å². The number of carbonyl (C=O) groups is 1. The first-order valence-corrected chi connectivity index (χ1v) is 6.47. The third kappa shape index (κ3) is 1.86. The van der Waals surface area contributed by atoms with E-state index in [4.69, 9.17) is 5.73 Å². The lowest BCUT2D eigenvalue weighted by Gasteiger charge is -2.29. The topological polar surface area (TPSA) is 51.3 Å². The third-order valence-electron chi connectivity index (χ3n) is 3.98. The van der Waals surface area contributed by atoms with Gasteiger partial charge in [-0.15, -0.1) is 0 Å². The monoisotopic (exact) mass is 233 g/mol. The van der Waals surface area contributed by atoms with Crippen molar-refractivity contribution in [3.63, 3.8) is 0 Å². The molecular formula is C13H19N3O. The van der Waals surface area contributed by atoms with Crippen LogP contribution in [0.1, 0.15) is 42.2 Å². The first kappa shape index (κ1) is 10.8. The summed E-state index contributed by atoms with van der Waals surface area (Å²) in [7, 11) is 0. The van der Waals surface area contributed by atoms with Gasteiger partial charge in [0, 0.05) is 31.4 Å². The fraction of sp³-hybridized carbons (Fsp3) is 0.615. The number of aromatic nitrogens is 1. The maximum absolute atomic E-state index is 12.4. The van der Waals surface area contributed by atoms with E-state index in [1.807, 2.05) is 23.2 Å². The highest BCUT2D eigenvalue weighted by Crippen LogP contribution is 2.33. The van der Waals surface area contributed by atoms with Crippen molar-refractivity contribution in [1.82, 2.24) is 9.47 Å². The number of likely N-dealkylation sites (tertiary alicyclic amines) is 1. The number of hydrogen-bond donors (Lipinski definition) is 1. The number of nitrogens with two attached hydrogens (primary N) is 1. The first-order chi connectivity index (χ1) is 8.25. The molecule has 1 amide bonds. The largest absolute Gasteiger partial charge is 0.340 e. The zero-order valence-electron chi connectivity index (χ0n) is 10.0. The Labute approximate surface area is 101 Å². The molecule has 17 heavy (non-hydrogen) atoms. The maximum Gasteiger partial charge on any atom is 0.270 e. The van der Waals surface area contributed by atoms with Crippen LogP contribution in [0.25, 0.3) is 0 Å². The summed E-state index contributed by atoms with van der Waals surface area (Å²) in [6.45, 7) is 1.50. The van der Waals surface area contributed by atoms with Crippen molar-refractivity contribution in [2.45, 2.75) is 37.8 Å². The average molecular weight is 233 g/mol. The molecule has 0 unspecified atom stereocenters. The van der Waals surface area contributed by atoms with Gasteiger partial charge in [-0.05, 0) is 37.8 Å². The van der Waals surface area contributed by atoms with Gasteiger partial charge in [0.1, 0.15) is 5.69 Å². The van der Waals surface area contributed by atoms with Gasteiger partial charge in [-0.25, -0.2) is 0 Å². The van der Waals surface area contributed by atoms with E-state index in [0.717, 1.165) is 18.7 Å². The molecule has 4 heteroatoms. The Morgan fingerprint density at radius 3 is 2.76 bits per heavy atom. The van der Waals surface area contributed by atoms with Crippen LogP contribution >= 0.6 is 0 Å². The molecule has 0 spiro atoms. The van der Waals surface area contributed by atoms with Crippen LogP contribution in [0.4, 0.5) is 0 Å². The van der Waals surface area contributed by atoms with Crippen LogP contribution in [-0.4, -0.2) is 34.5 Å². The Morgan fingerprint density at radius 2 is 2.18 bits per heavy atom. The Morgan fingerprint density at radius 1 is 1.35 bits per heavy atom. The fourth-order valence-corrected chi connectivity index (χ4v) is 2.69. The minimum absolute atomic E-state index is 0.148. The molecule has 1 saturated carbocycles. The second-order valence-corrected chi connectivity index (χ2v) is 5.19. The Kier molecular flexibility index (Phi) is 2.67. The summed E-state index contributed by atoms with van der Waals surface area (Å²) in [6, 6.07) is 4.61. The van der Waals surface area contributed by atoms with Crippen LogP contribution < -0.4 is 5.73 Å². The van der Waals surface area contributed by atoms with Gasteiger partial charge >= 0.3 is 0 Å². The Bertz CT molecular complexity index is 422. The summed E-state index contributed by atoms with van der Waals surface area (Å²) in [6.07, 6.45) is 6.65. The van der Waals surface area contributed by atoms with Crippen LogP contribution in [0, 0.1) is 0 Å². The summed E-state index contributed by atoms with van der Waals surface area (Å²) in [5.41, 5.74) is 6.69. The van der Waals surface area contributed by atoms with Crippen LogP contribution in [0.3, 0.4) is 0 Å². The van der Waals surface area contributed by atoms with E-state index >= 15 is 0 Å². The van der Waals surface area contributed by atoms with E-state index in [2.05, 4.69) is 4.57 Å². The molecule has 2 N–H and O–H groups in total. The van der Waals surface area contributed by atoms with Gasteiger partial charge in [0.2, 0.25) is 0 Å². The number of hydrogen-bond acceptors (Lipinski definition) is 2. The van der Waals surface area contributed by atoms with Crippen molar-refractivity contribution in [1.29, 1.82) is 0 Å². The standard InChI is InChI=1S/C13H19N3O/c14-10-6-8-15(9-10)13(17)12-5-2-7-16(12)11-3-1-4-11/h2,5,7,10-11H,1,3-4,6,8-9,14H2/t10-/m1/s1. The average Bonchev–Trinajstić information content (AvgIpc) is 2.84. The molecule has 0 aromatic carbocycles. The summed E-state index contributed by atoms with van der Waals surface area (Å²) >= 11 is 0. The van der Waals surface area contributed by atoms with E-state index in [-0.39, 0.29) is 11.9 Å². The second kappa shape index (κ2) is 4.18. The Balaban J connectivity index is 1.79. The predicted molar refractivity (Wildman–Crippen MR) is 65.8 cm³/mol. The first-order valence-electron chi connectivity index (χ1n) is 6.47. The number of rotatable bonds is 2. The van der Waals surface area contributed by atoms with E-state index < -0.39 is 0 Å². The normalized spacial score (nSPS) is 25.0. The number of nitrogens with zero attached hydrogens (tertiary/aromatic N) is 2. The van der Waals surface area contributed by atoms with Crippen LogP contribution in [-0.2, 0) is 0 Å². The van der Waals surface area contributed by atoms with Gasteiger partial charge in [-0.1, -0.05) is 0 Å². The lowest BCUT2D eigenvalue weighted by Crippen LogP contribution is -2.34. The second-order valence-electron chi connectivity index (χ2n) is 5.19. The molecule has 2 heterocycles. The molecular weight excluding hydrogens is 214 g/mol. The van der Waals surface area contributed by atoms with Gasteiger partial charge in [0.25, 0.3) is 5.91 Å². The minimum Gasteiger partial charge on any atom is -0.340 e. The molecule has 4 nitrogen and oxygen atoms in total. The van der Waals surface area contributed by atoms with Crippen molar-refractivity contribution in [3.8, 4) is 0 Å². The molecule has 0 bridgehead atoms. The zero-order valence-corrected chi connectivity index (χ0v) is 10.0. The fourth-order valence-electron chi connectivity index (χ4n) is 2.69. The van der Waals surface area contributed by atoms with Crippen molar-refractivity contribution in [3.05, 3.63) is 24.0 Å². The lowest BCUT2D eigenvalue weighted by atomic mass is 9.93. The van der Waals surface area contributed by atoms with Crippen LogP contribution in [0.15, 0.2) is 18.3 Å². The van der Waals surface area contributed by atoms with Gasteiger partial charge in [0.15, 0.2) is 0 Å². The zero-order chi connectivity index (χ0) is 11.8. The highest BCUT2D eigenvalue weighted by atomic mass is 16.2. The van der Waals surface area contributed by atoms with Gasteiger partial charge in [-0.3, -0.25) is 4.79 Å². The molecule has 2 aliphatic rings. The molecule has 2 fully saturated rings. The van der Waals surface area contributed by atoms with Gasteiger partial charge < -0.3 is 15.2 Å². The molecule has 1 atom stereocenters. The number of carbonyl (C=O) groups excluding carboxylic acids is 1. The minimum atomic E-state index is 0.148. The van der Waals surface area contributed by atoms with Crippen molar-refractivity contribution in [2.75, 3.05) is 13.1 Å². The molecule has 1 aliphatic carbocycles. The van der Waals surface area contributed by atoms with E-state index in [1.165, 1.54) is 19.3 Å². The van der Waals surface area contributed by atoms with Crippen LogP contribution in [0.5, 0.6) is 0 Å². The summed E-state index contributed by atoms with van der Waals surface area (Å²) in [5.74, 6) is 0.148. The smallest absolute Gasteiger partial charge is 0.270 e. The van der Waals surface area contributed by atoms with Crippen molar-refractivity contribution in [2.24, 2.45) is 5.73 Å². The van der Waals surface area contributed by atoms with Crippen LogP contribution in [0.2, 0.25) is 0 Å². The van der Waals surface area contributed by atoms with Gasteiger partial charge in [-0.2, -0.15) is 0 Å². The van der Waals surface area contributed by atoms with Crippen molar-refractivity contribution < 1.29 is 4.79 Å². The molecule has 92 valence electrons. The highest BCUT2D eigenvalue weighted by Gasteiger charge is 2.28. The molecule has 1 saturated heterocycles. The number of amides is 1. The quantitative estimate of drug-likeness (QED) is 0.839. The van der Waals surface area contributed by atoms with E-state index in [9.17, 15) is 4.79 Å². The summed E-state index contributed by atoms with van der Waals surface area (Å²) in [4.78, 5) is 14.3. The van der Waals surface area contributed by atoms with Gasteiger partial charge in [0.05, 0.1) is 0 Å². The van der Waals surface area contributed by atoms with E-state index in [0.29, 0.717) is 12.6 Å². The SMILES string of the molecule is N[C@@H]1CCN(C(=O)c2cccn2C2CCC2)C1. The Hall–Kier alpha value is -1.29. The van der Waals surface area contributed by atoms with Crippen molar-refractivity contribution >= 4 is 5.91 Å². The molecule has 1 aromatic heterocycles. The lowest BCUT2D eigenvalue weighted by molar-refractivity contribution is 0.0774. The molecule has 1 aliphatic heterocycles. The summed E-state index contributed by atoms with van der Waals surface area (Å²) in [5, 5.41) is 0. The molecule has 3 rings (SSSR count). The summed E-state index contributed by atoms with van der Waals surface area (Å²) < 4.78 is 2.15. The maximum atomic E-state index is 12.4. The molecule has 1 aromatic rings. The molecule has 0 radical (unpaired) electrons. The third-order valence-corrected chi connectivity index (χ3v) is 3.98.